The number of para-hydroxylation sites is 1. The summed E-state index contributed by atoms with van der Waals surface area (Å²) in [5, 5.41) is 21.2. The topological polar surface area (TPSA) is 137 Å². The fourth-order valence-corrected chi connectivity index (χ4v) is 2.17. The molecule has 0 aliphatic rings. The molecule has 0 bridgehead atoms. The molecule has 0 atom stereocenters. The number of hydrogen-bond acceptors (Lipinski definition) is 8. The Morgan fingerprint density at radius 2 is 1.92 bits per heavy atom. The van der Waals surface area contributed by atoms with Gasteiger partial charge in [-0.1, -0.05) is 23.3 Å². The van der Waals surface area contributed by atoms with E-state index in [1.54, 1.807) is 12.1 Å². The van der Waals surface area contributed by atoms with Crippen molar-refractivity contribution in [2.75, 3.05) is 5.32 Å². The molecule has 1 amide bonds. The molecule has 0 fully saturated rings. The molecule has 0 saturated carbocycles. The summed E-state index contributed by atoms with van der Waals surface area (Å²) in [6, 6.07) is 11.1. The van der Waals surface area contributed by atoms with E-state index in [2.05, 4.69) is 15.5 Å². The van der Waals surface area contributed by atoms with Crippen LogP contribution in [-0.2, 0) is 0 Å². The molecule has 0 radical (unpaired) electrons. The molecule has 3 heterocycles. The molecule has 0 saturated heterocycles. The number of rotatable bonds is 4. The van der Waals surface area contributed by atoms with Crippen LogP contribution in [0.2, 0.25) is 0 Å². The number of aromatic nitrogens is 2. The van der Waals surface area contributed by atoms with Crippen LogP contribution >= 0.6 is 0 Å². The molecule has 4 aromatic rings. The molecule has 4 rings (SSSR count). The molecule has 0 unspecified atom stereocenters. The molecule has 10 nitrogen and oxygen atoms in total. The maximum absolute atomic E-state index is 12.0. The number of hydrogen-bond donors (Lipinski definition) is 1. The summed E-state index contributed by atoms with van der Waals surface area (Å²) in [5.74, 6) is -1.12. The van der Waals surface area contributed by atoms with Crippen LogP contribution in [0.3, 0.4) is 0 Å². The van der Waals surface area contributed by atoms with Gasteiger partial charge in [0.2, 0.25) is 0 Å². The second-order valence-corrected chi connectivity index (χ2v) is 4.91. The quantitative estimate of drug-likeness (QED) is 0.441. The first-order valence-electron chi connectivity index (χ1n) is 6.98. The number of benzene rings is 1. The number of carbonyl (C=O) groups excluding carboxylic acids is 1. The van der Waals surface area contributed by atoms with E-state index in [4.69, 9.17) is 13.3 Å². The summed E-state index contributed by atoms with van der Waals surface area (Å²) < 4.78 is 15.7. The standard InChI is InChI=1S/C15H8N4O6/c20-13(10-5-6-12(24-10)19(21)22)16-15-18-17-14(25-15)11-7-8-3-1-2-4-9(8)23-11/h1-7H,(H,16,18,20). The maximum Gasteiger partial charge on any atom is 0.433 e. The van der Waals surface area contributed by atoms with Crippen molar-refractivity contribution >= 4 is 28.8 Å². The largest absolute Gasteiger partial charge is 0.451 e. The van der Waals surface area contributed by atoms with Crippen LogP contribution in [-0.4, -0.2) is 21.0 Å². The van der Waals surface area contributed by atoms with Crippen molar-refractivity contribution in [3.63, 3.8) is 0 Å². The van der Waals surface area contributed by atoms with Crippen molar-refractivity contribution in [2.45, 2.75) is 0 Å². The van der Waals surface area contributed by atoms with E-state index in [1.165, 1.54) is 6.07 Å². The van der Waals surface area contributed by atoms with Gasteiger partial charge in [-0.25, -0.2) is 0 Å². The Morgan fingerprint density at radius 3 is 2.68 bits per heavy atom. The Kier molecular flexibility index (Phi) is 3.28. The number of carbonyl (C=O) groups is 1. The summed E-state index contributed by atoms with van der Waals surface area (Å²) in [5.41, 5.74) is 0.657. The smallest absolute Gasteiger partial charge is 0.433 e. The maximum atomic E-state index is 12.0. The third-order valence-corrected chi connectivity index (χ3v) is 3.28. The number of nitro groups is 1. The van der Waals surface area contributed by atoms with E-state index in [0.29, 0.717) is 11.3 Å². The van der Waals surface area contributed by atoms with Gasteiger partial charge < -0.3 is 13.3 Å². The highest BCUT2D eigenvalue weighted by molar-refractivity contribution is 6.01. The lowest BCUT2D eigenvalue weighted by atomic mass is 10.2. The van der Waals surface area contributed by atoms with Crippen molar-refractivity contribution in [1.82, 2.24) is 10.2 Å². The predicted molar refractivity (Wildman–Crippen MR) is 82.8 cm³/mol. The van der Waals surface area contributed by atoms with E-state index in [1.807, 2.05) is 18.2 Å². The number of furan rings is 2. The SMILES string of the molecule is O=C(Nc1nnc(-c2cc3ccccc3o2)o1)c1ccc([N+](=O)[O-])o1. The van der Waals surface area contributed by atoms with Gasteiger partial charge in [-0.05, 0) is 18.2 Å². The molecule has 0 aliphatic heterocycles. The van der Waals surface area contributed by atoms with Crippen molar-refractivity contribution in [1.29, 1.82) is 0 Å². The van der Waals surface area contributed by atoms with Crippen LogP contribution in [0.1, 0.15) is 10.6 Å². The second-order valence-electron chi connectivity index (χ2n) is 4.91. The average Bonchev–Trinajstić information content (AvgIpc) is 3.33. The number of fused-ring (bicyclic) bond motifs is 1. The average molecular weight is 340 g/mol. The molecule has 1 N–H and O–H groups in total. The summed E-state index contributed by atoms with van der Waals surface area (Å²) in [7, 11) is 0. The summed E-state index contributed by atoms with van der Waals surface area (Å²) in [4.78, 5) is 21.8. The van der Waals surface area contributed by atoms with Gasteiger partial charge in [0.25, 0.3) is 11.8 Å². The van der Waals surface area contributed by atoms with Gasteiger partial charge in [-0.3, -0.25) is 20.2 Å². The first-order valence-corrected chi connectivity index (χ1v) is 6.98. The molecule has 124 valence electrons. The van der Waals surface area contributed by atoms with Crippen LogP contribution in [0.25, 0.3) is 22.6 Å². The number of amides is 1. The van der Waals surface area contributed by atoms with Crippen molar-refractivity contribution in [3.05, 3.63) is 58.3 Å². The van der Waals surface area contributed by atoms with Crippen molar-refractivity contribution in [2.24, 2.45) is 0 Å². The van der Waals surface area contributed by atoms with Crippen molar-refractivity contribution < 1.29 is 23.0 Å². The molecule has 25 heavy (non-hydrogen) atoms. The van der Waals surface area contributed by atoms with E-state index in [0.717, 1.165) is 11.5 Å². The van der Waals surface area contributed by atoms with E-state index < -0.39 is 16.7 Å². The highest BCUT2D eigenvalue weighted by Crippen LogP contribution is 2.27. The molecule has 1 aromatic carbocycles. The molecular weight excluding hydrogens is 332 g/mol. The molecule has 3 aromatic heterocycles. The normalized spacial score (nSPS) is 10.9. The fraction of sp³-hybridized carbons (Fsp3) is 0. The van der Waals surface area contributed by atoms with Gasteiger partial charge in [0, 0.05) is 5.39 Å². The Hall–Kier alpha value is -3.95. The zero-order valence-electron chi connectivity index (χ0n) is 12.3. The molecule has 0 aliphatic carbocycles. The second kappa shape index (κ2) is 5.60. The van der Waals surface area contributed by atoms with Gasteiger partial charge in [0.05, 0.1) is 6.07 Å². The summed E-state index contributed by atoms with van der Waals surface area (Å²) in [6.07, 6.45) is 0. The van der Waals surface area contributed by atoms with Gasteiger partial charge in [0.15, 0.2) is 11.5 Å². The fourth-order valence-electron chi connectivity index (χ4n) is 2.17. The van der Waals surface area contributed by atoms with Gasteiger partial charge in [-0.2, -0.15) is 0 Å². The van der Waals surface area contributed by atoms with E-state index in [9.17, 15) is 14.9 Å². The van der Waals surface area contributed by atoms with Gasteiger partial charge in [0.1, 0.15) is 10.5 Å². The highest BCUT2D eigenvalue weighted by atomic mass is 16.6. The summed E-state index contributed by atoms with van der Waals surface area (Å²) >= 11 is 0. The Morgan fingerprint density at radius 1 is 1.08 bits per heavy atom. The lowest BCUT2D eigenvalue weighted by Gasteiger charge is -1.95. The zero-order chi connectivity index (χ0) is 17.4. The lowest BCUT2D eigenvalue weighted by molar-refractivity contribution is -0.402. The monoisotopic (exact) mass is 340 g/mol. The Labute approximate surface area is 138 Å². The molecular formula is C15H8N4O6. The number of anilines is 1. The number of nitrogens with one attached hydrogen (secondary N) is 1. The minimum Gasteiger partial charge on any atom is -0.451 e. The van der Waals surface area contributed by atoms with Crippen molar-refractivity contribution in [3.8, 4) is 11.7 Å². The summed E-state index contributed by atoms with van der Waals surface area (Å²) in [6.45, 7) is 0. The lowest BCUT2D eigenvalue weighted by Crippen LogP contribution is -2.11. The predicted octanol–water partition coefficient (Wildman–Crippen LogP) is 3.24. The molecule has 10 heteroatoms. The minimum atomic E-state index is -0.757. The first-order chi connectivity index (χ1) is 12.1. The number of nitrogens with zero attached hydrogens (tertiary/aromatic N) is 3. The minimum absolute atomic E-state index is 0.0805. The van der Waals surface area contributed by atoms with Gasteiger partial charge >= 0.3 is 11.9 Å². The van der Waals surface area contributed by atoms with Crippen LogP contribution in [0.15, 0.2) is 55.7 Å². The van der Waals surface area contributed by atoms with Gasteiger partial charge in [-0.15, -0.1) is 5.10 Å². The van der Waals surface area contributed by atoms with Crippen LogP contribution in [0.5, 0.6) is 0 Å². The van der Waals surface area contributed by atoms with Crippen LogP contribution < -0.4 is 5.32 Å². The van der Waals surface area contributed by atoms with E-state index >= 15 is 0 Å². The molecule has 0 spiro atoms. The zero-order valence-corrected chi connectivity index (χ0v) is 12.3. The first kappa shape index (κ1) is 14.6. The third-order valence-electron chi connectivity index (χ3n) is 3.28. The van der Waals surface area contributed by atoms with Crippen LogP contribution in [0.4, 0.5) is 11.9 Å². The highest BCUT2D eigenvalue weighted by Gasteiger charge is 2.20. The van der Waals surface area contributed by atoms with Crippen LogP contribution in [0, 0.1) is 10.1 Å². The Bertz CT molecular complexity index is 1060. The third kappa shape index (κ3) is 2.72. The van der Waals surface area contributed by atoms with E-state index in [-0.39, 0.29) is 17.7 Å². The Balaban J connectivity index is 1.54.